The molecule has 0 heterocycles. The highest BCUT2D eigenvalue weighted by Gasteiger charge is 2.07. The standard InChI is InChI=1S/C12H18BrNO3S/c1-3-18(15,16)8-4-7-14-11-9-10(13)5-6-12(11)17-2/h5-6,9,14H,3-4,7-8H2,1-2H3. The summed E-state index contributed by atoms with van der Waals surface area (Å²) in [4.78, 5) is 0. The lowest BCUT2D eigenvalue weighted by Crippen LogP contribution is -2.13. The zero-order valence-corrected chi connectivity index (χ0v) is 13.0. The molecule has 0 aliphatic heterocycles. The maximum absolute atomic E-state index is 11.3. The summed E-state index contributed by atoms with van der Waals surface area (Å²) in [6.07, 6.45) is 0.589. The number of rotatable bonds is 7. The van der Waals surface area contributed by atoms with E-state index in [9.17, 15) is 8.42 Å². The van der Waals surface area contributed by atoms with Crippen LogP contribution in [-0.4, -0.2) is 33.6 Å². The van der Waals surface area contributed by atoms with Crippen LogP contribution in [-0.2, 0) is 9.84 Å². The summed E-state index contributed by atoms with van der Waals surface area (Å²) in [5.74, 6) is 1.16. The van der Waals surface area contributed by atoms with E-state index in [0.29, 0.717) is 13.0 Å². The normalized spacial score (nSPS) is 11.3. The Morgan fingerprint density at radius 3 is 2.72 bits per heavy atom. The molecule has 0 fully saturated rings. The van der Waals surface area contributed by atoms with Crippen LogP contribution in [0.5, 0.6) is 5.75 Å². The Morgan fingerprint density at radius 1 is 1.39 bits per heavy atom. The fraction of sp³-hybridized carbons (Fsp3) is 0.500. The number of halogens is 1. The molecule has 102 valence electrons. The van der Waals surface area contributed by atoms with Crippen molar-refractivity contribution in [3.05, 3.63) is 22.7 Å². The number of anilines is 1. The maximum atomic E-state index is 11.3. The Labute approximate surface area is 117 Å². The van der Waals surface area contributed by atoms with Gasteiger partial charge < -0.3 is 10.1 Å². The molecule has 0 spiro atoms. The number of hydrogen-bond donors (Lipinski definition) is 1. The molecule has 1 aromatic rings. The van der Waals surface area contributed by atoms with Gasteiger partial charge in [0, 0.05) is 16.8 Å². The van der Waals surface area contributed by atoms with Crippen LogP contribution >= 0.6 is 15.9 Å². The number of hydrogen-bond acceptors (Lipinski definition) is 4. The quantitative estimate of drug-likeness (QED) is 0.778. The van der Waals surface area contributed by atoms with Crippen molar-refractivity contribution >= 4 is 31.5 Å². The summed E-state index contributed by atoms with van der Waals surface area (Å²) in [6.45, 7) is 2.27. The molecule has 0 aromatic heterocycles. The van der Waals surface area contributed by atoms with Crippen LogP contribution in [0, 0.1) is 0 Å². The first-order valence-corrected chi connectivity index (χ1v) is 8.38. The predicted molar refractivity (Wildman–Crippen MR) is 78.1 cm³/mol. The van der Waals surface area contributed by atoms with Crippen molar-refractivity contribution in [3.63, 3.8) is 0 Å². The minimum absolute atomic E-state index is 0.202. The zero-order valence-electron chi connectivity index (χ0n) is 10.6. The Morgan fingerprint density at radius 2 is 2.11 bits per heavy atom. The molecule has 1 N–H and O–H groups in total. The topological polar surface area (TPSA) is 55.4 Å². The fourth-order valence-electron chi connectivity index (χ4n) is 1.48. The second kappa shape index (κ2) is 6.99. The van der Waals surface area contributed by atoms with Gasteiger partial charge in [-0.05, 0) is 24.6 Å². The third-order valence-corrected chi connectivity index (χ3v) is 4.83. The van der Waals surface area contributed by atoms with E-state index in [0.717, 1.165) is 15.9 Å². The number of sulfone groups is 1. The van der Waals surface area contributed by atoms with Gasteiger partial charge in [0.2, 0.25) is 0 Å². The Kier molecular flexibility index (Phi) is 5.95. The smallest absolute Gasteiger partial charge is 0.150 e. The lowest BCUT2D eigenvalue weighted by molar-refractivity contribution is 0.416. The average Bonchev–Trinajstić information content (AvgIpc) is 2.35. The summed E-state index contributed by atoms with van der Waals surface area (Å²) < 4.78 is 28.8. The van der Waals surface area contributed by atoms with Crippen molar-refractivity contribution in [2.24, 2.45) is 0 Å². The van der Waals surface area contributed by atoms with Crippen LogP contribution in [0.1, 0.15) is 13.3 Å². The Bertz CT molecular complexity index is 488. The molecule has 0 amide bonds. The third kappa shape index (κ3) is 4.86. The summed E-state index contributed by atoms with van der Waals surface area (Å²) >= 11 is 3.39. The van der Waals surface area contributed by atoms with Gasteiger partial charge in [-0.15, -0.1) is 0 Å². The van der Waals surface area contributed by atoms with Crippen molar-refractivity contribution in [3.8, 4) is 5.75 Å². The largest absolute Gasteiger partial charge is 0.495 e. The van der Waals surface area contributed by atoms with Crippen LogP contribution in [0.2, 0.25) is 0 Å². The van der Waals surface area contributed by atoms with E-state index in [-0.39, 0.29) is 11.5 Å². The summed E-state index contributed by atoms with van der Waals surface area (Å²) in [6, 6.07) is 5.66. The van der Waals surface area contributed by atoms with Crippen molar-refractivity contribution in [2.45, 2.75) is 13.3 Å². The first kappa shape index (κ1) is 15.3. The minimum atomic E-state index is -2.88. The summed E-state index contributed by atoms with van der Waals surface area (Å²) in [5, 5.41) is 3.18. The van der Waals surface area contributed by atoms with Gasteiger partial charge in [-0.1, -0.05) is 22.9 Å². The van der Waals surface area contributed by atoms with Crippen molar-refractivity contribution in [1.29, 1.82) is 0 Å². The SMILES string of the molecule is CCS(=O)(=O)CCCNc1cc(Br)ccc1OC. The first-order valence-electron chi connectivity index (χ1n) is 5.76. The van der Waals surface area contributed by atoms with Crippen molar-refractivity contribution in [1.82, 2.24) is 0 Å². The van der Waals surface area contributed by atoms with Gasteiger partial charge in [-0.25, -0.2) is 8.42 Å². The molecule has 0 unspecified atom stereocenters. The Hall–Kier alpha value is -0.750. The van der Waals surface area contributed by atoms with E-state index >= 15 is 0 Å². The van der Waals surface area contributed by atoms with Gasteiger partial charge in [-0.2, -0.15) is 0 Å². The highest BCUT2D eigenvalue weighted by molar-refractivity contribution is 9.10. The average molecular weight is 336 g/mol. The van der Waals surface area contributed by atoms with E-state index in [1.54, 1.807) is 14.0 Å². The Balaban J connectivity index is 2.51. The molecule has 18 heavy (non-hydrogen) atoms. The molecule has 0 saturated heterocycles. The molecule has 0 saturated carbocycles. The molecule has 6 heteroatoms. The third-order valence-electron chi connectivity index (χ3n) is 2.55. The molecular formula is C12H18BrNO3S. The molecule has 0 bridgehead atoms. The van der Waals surface area contributed by atoms with Gasteiger partial charge in [0.15, 0.2) is 0 Å². The number of ether oxygens (including phenoxy) is 1. The van der Waals surface area contributed by atoms with E-state index in [1.807, 2.05) is 18.2 Å². The zero-order chi connectivity index (χ0) is 13.6. The molecule has 0 radical (unpaired) electrons. The van der Waals surface area contributed by atoms with Gasteiger partial charge >= 0.3 is 0 Å². The lowest BCUT2D eigenvalue weighted by Gasteiger charge is -2.11. The molecule has 1 aromatic carbocycles. The molecule has 1 rings (SSSR count). The van der Waals surface area contributed by atoms with E-state index in [2.05, 4.69) is 21.2 Å². The molecule has 0 atom stereocenters. The lowest BCUT2D eigenvalue weighted by atomic mass is 10.3. The number of benzene rings is 1. The van der Waals surface area contributed by atoms with E-state index < -0.39 is 9.84 Å². The highest BCUT2D eigenvalue weighted by Crippen LogP contribution is 2.27. The van der Waals surface area contributed by atoms with Crippen LogP contribution in [0.3, 0.4) is 0 Å². The van der Waals surface area contributed by atoms with Crippen LogP contribution in [0.15, 0.2) is 22.7 Å². The molecule has 0 aliphatic rings. The monoisotopic (exact) mass is 335 g/mol. The molecule has 4 nitrogen and oxygen atoms in total. The second-order valence-electron chi connectivity index (χ2n) is 3.86. The van der Waals surface area contributed by atoms with E-state index in [4.69, 9.17) is 4.74 Å². The van der Waals surface area contributed by atoms with Crippen LogP contribution < -0.4 is 10.1 Å². The van der Waals surface area contributed by atoms with Gasteiger partial charge in [0.05, 0.1) is 18.6 Å². The van der Waals surface area contributed by atoms with Crippen molar-refractivity contribution in [2.75, 3.05) is 30.5 Å². The second-order valence-corrected chi connectivity index (χ2v) is 7.25. The highest BCUT2D eigenvalue weighted by atomic mass is 79.9. The van der Waals surface area contributed by atoms with E-state index in [1.165, 1.54) is 0 Å². The summed E-state index contributed by atoms with van der Waals surface area (Å²) in [7, 11) is -1.27. The van der Waals surface area contributed by atoms with Crippen molar-refractivity contribution < 1.29 is 13.2 Å². The van der Waals surface area contributed by atoms with Crippen LogP contribution in [0.25, 0.3) is 0 Å². The molecule has 0 aliphatic carbocycles. The predicted octanol–water partition coefficient (Wildman–Crippen LogP) is 2.69. The van der Waals surface area contributed by atoms with Gasteiger partial charge in [-0.3, -0.25) is 0 Å². The van der Waals surface area contributed by atoms with Gasteiger partial charge in [0.1, 0.15) is 15.6 Å². The fourth-order valence-corrected chi connectivity index (χ4v) is 2.71. The van der Waals surface area contributed by atoms with Crippen LogP contribution in [0.4, 0.5) is 5.69 Å². The number of nitrogens with one attached hydrogen (secondary N) is 1. The minimum Gasteiger partial charge on any atom is -0.495 e. The summed E-state index contributed by atoms with van der Waals surface area (Å²) in [5.41, 5.74) is 0.862. The van der Waals surface area contributed by atoms with Gasteiger partial charge in [0.25, 0.3) is 0 Å². The first-order chi connectivity index (χ1) is 8.48. The maximum Gasteiger partial charge on any atom is 0.150 e. The molecular weight excluding hydrogens is 318 g/mol. The number of methoxy groups -OCH3 is 1.